The molecular formula is C29H34F3N3O4S. The molecule has 0 saturated carbocycles. The largest absolute Gasteiger partial charge is 0.493 e. The molecule has 1 heterocycles. The first-order valence-corrected chi connectivity index (χ1v) is 13.6. The number of hydrogen-bond acceptors (Lipinski definition) is 5. The fraction of sp³-hybridized carbons (Fsp3) is 0.379. The predicted octanol–water partition coefficient (Wildman–Crippen LogP) is 6.61. The van der Waals surface area contributed by atoms with E-state index in [9.17, 15) is 22.8 Å². The third-order valence-corrected chi connectivity index (χ3v) is 7.15. The van der Waals surface area contributed by atoms with Crippen LogP contribution in [0.3, 0.4) is 0 Å². The first-order valence-electron chi connectivity index (χ1n) is 12.8. The molecular weight excluding hydrogens is 543 g/mol. The predicted molar refractivity (Wildman–Crippen MR) is 150 cm³/mol. The highest BCUT2D eigenvalue weighted by Crippen LogP contribution is 2.31. The van der Waals surface area contributed by atoms with Gasteiger partial charge in [-0.3, -0.25) is 4.79 Å². The minimum absolute atomic E-state index is 0.00717. The van der Waals surface area contributed by atoms with Gasteiger partial charge < -0.3 is 24.6 Å². The second-order valence-corrected chi connectivity index (χ2v) is 10.6. The van der Waals surface area contributed by atoms with Crippen molar-refractivity contribution in [3.05, 3.63) is 75.5 Å². The van der Waals surface area contributed by atoms with Crippen LogP contribution in [0, 0.1) is 6.92 Å². The summed E-state index contributed by atoms with van der Waals surface area (Å²) in [5, 5.41) is 2.51. The maximum Gasteiger partial charge on any atom is 0.416 e. The van der Waals surface area contributed by atoms with Crippen LogP contribution in [0.1, 0.15) is 34.2 Å². The summed E-state index contributed by atoms with van der Waals surface area (Å²) in [5.74, 6) is 0.932. The molecule has 0 aliphatic rings. The summed E-state index contributed by atoms with van der Waals surface area (Å²) in [7, 11) is 3.12. The lowest BCUT2D eigenvalue weighted by Gasteiger charge is -2.28. The molecule has 0 radical (unpaired) electrons. The number of hydrogen-bond donors (Lipinski definition) is 1. The molecule has 0 aliphatic heterocycles. The fourth-order valence-electron chi connectivity index (χ4n) is 4.11. The van der Waals surface area contributed by atoms with E-state index in [2.05, 4.69) is 5.32 Å². The first-order chi connectivity index (χ1) is 19.0. The number of alkyl halides is 3. The van der Waals surface area contributed by atoms with Crippen LogP contribution in [0.5, 0.6) is 11.5 Å². The molecule has 0 bridgehead atoms. The van der Waals surface area contributed by atoms with E-state index in [0.29, 0.717) is 37.4 Å². The lowest BCUT2D eigenvalue weighted by Crippen LogP contribution is -2.45. The molecule has 1 N–H and O–H groups in total. The number of carbonyl (C=O) groups is 2. The number of thiophene rings is 1. The summed E-state index contributed by atoms with van der Waals surface area (Å²) in [6.07, 6.45) is -3.42. The van der Waals surface area contributed by atoms with Gasteiger partial charge in [0, 0.05) is 28.5 Å². The van der Waals surface area contributed by atoms with Crippen molar-refractivity contribution in [2.24, 2.45) is 0 Å². The van der Waals surface area contributed by atoms with Crippen molar-refractivity contribution >= 4 is 29.0 Å². The molecule has 3 amide bonds. The maximum atomic E-state index is 13.5. The summed E-state index contributed by atoms with van der Waals surface area (Å²) in [5.41, 5.74) is 0.0919. The Morgan fingerprint density at radius 1 is 0.950 bits per heavy atom. The van der Waals surface area contributed by atoms with Gasteiger partial charge in [-0.2, -0.15) is 13.2 Å². The monoisotopic (exact) mass is 577 g/mol. The second kappa shape index (κ2) is 14.1. The Labute approximate surface area is 236 Å². The van der Waals surface area contributed by atoms with Gasteiger partial charge in [0.1, 0.15) is 6.54 Å². The minimum Gasteiger partial charge on any atom is -0.493 e. The molecule has 3 rings (SSSR count). The van der Waals surface area contributed by atoms with E-state index in [-0.39, 0.29) is 24.7 Å². The van der Waals surface area contributed by atoms with E-state index < -0.39 is 17.8 Å². The van der Waals surface area contributed by atoms with Gasteiger partial charge in [0.05, 0.1) is 26.3 Å². The van der Waals surface area contributed by atoms with Crippen molar-refractivity contribution in [1.29, 1.82) is 0 Å². The number of aryl methyl sites for hydroxylation is 1. The summed E-state index contributed by atoms with van der Waals surface area (Å²) < 4.78 is 50.0. The first kappa shape index (κ1) is 30.8. The molecule has 1 aromatic heterocycles. The number of benzene rings is 2. The number of halogens is 3. The molecule has 40 heavy (non-hydrogen) atoms. The van der Waals surface area contributed by atoms with Crippen molar-refractivity contribution in [1.82, 2.24) is 9.80 Å². The van der Waals surface area contributed by atoms with E-state index in [1.165, 1.54) is 17.0 Å². The van der Waals surface area contributed by atoms with Gasteiger partial charge in [0.25, 0.3) is 0 Å². The molecule has 216 valence electrons. The van der Waals surface area contributed by atoms with Crippen molar-refractivity contribution in [2.45, 2.75) is 39.4 Å². The Morgan fingerprint density at radius 2 is 1.70 bits per heavy atom. The Kier molecular flexibility index (Phi) is 10.8. The van der Waals surface area contributed by atoms with Gasteiger partial charge in [0.2, 0.25) is 5.91 Å². The molecule has 0 fully saturated rings. The van der Waals surface area contributed by atoms with E-state index in [1.807, 2.05) is 44.2 Å². The van der Waals surface area contributed by atoms with Gasteiger partial charge in [-0.1, -0.05) is 19.1 Å². The van der Waals surface area contributed by atoms with Gasteiger partial charge >= 0.3 is 12.2 Å². The number of nitrogens with one attached hydrogen (secondary N) is 1. The summed E-state index contributed by atoms with van der Waals surface area (Å²) in [4.78, 5) is 31.7. The van der Waals surface area contributed by atoms with Crippen LogP contribution in [0.4, 0.5) is 23.7 Å². The number of rotatable bonds is 12. The highest BCUT2D eigenvalue weighted by atomic mass is 32.1. The van der Waals surface area contributed by atoms with Crippen LogP contribution >= 0.6 is 11.3 Å². The van der Waals surface area contributed by atoms with Crippen LogP contribution in [0.15, 0.2) is 54.6 Å². The molecule has 2 aromatic carbocycles. The van der Waals surface area contributed by atoms with Crippen LogP contribution in [-0.2, 0) is 23.9 Å². The van der Waals surface area contributed by atoms with E-state index in [1.54, 1.807) is 30.5 Å². The maximum absolute atomic E-state index is 13.5. The third kappa shape index (κ3) is 8.64. The smallest absolute Gasteiger partial charge is 0.416 e. The van der Waals surface area contributed by atoms with Crippen molar-refractivity contribution < 1.29 is 32.2 Å². The zero-order chi connectivity index (χ0) is 29.3. The summed E-state index contributed by atoms with van der Waals surface area (Å²) >= 11 is 1.59. The van der Waals surface area contributed by atoms with Crippen LogP contribution in [0.2, 0.25) is 0 Å². The quantitative estimate of drug-likeness (QED) is 0.263. The molecule has 7 nitrogen and oxygen atoms in total. The Hall–Kier alpha value is -3.73. The van der Waals surface area contributed by atoms with Gasteiger partial charge in [-0.15, -0.1) is 11.3 Å². The number of amides is 3. The molecule has 11 heteroatoms. The topological polar surface area (TPSA) is 71.1 Å². The number of urea groups is 1. The van der Waals surface area contributed by atoms with Gasteiger partial charge in [-0.05, 0) is 67.8 Å². The Bertz CT molecular complexity index is 1300. The number of anilines is 1. The minimum atomic E-state index is -4.53. The number of carbonyl (C=O) groups excluding carboxylic acids is 2. The van der Waals surface area contributed by atoms with E-state index >= 15 is 0 Å². The molecule has 0 saturated heterocycles. The average molecular weight is 578 g/mol. The zero-order valence-electron chi connectivity index (χ0n) is 23.0. The summed E-state index contributed by atoms with van der Waals surface area (Å²) in [6.45, 7) is 4.66. The van der Waals surface area contributed by atoms with Crippen molar-refractivity contribution in [3.63, 3.8) is 0 Å². The SMILES string of the molecule is CCCN(CC(=O)N(CCc1ccc(OC)c(OC)c1)Cc1ccc(C)s1)C(=O)Nc1cccc(C(F)(F)F)c1. The average Bonchev–Trinajstić information content (AvgIpc) is 3.34. The normalized spacial score (nSPS) is 11.2. The van der Waals surface area contributed by atoms with Gasteiger partial charge in [0.15, 0.2) is 11.5 Å². The van der Waals surface area contributed by atoms with E-state index in [0.717, 1.165) is 27.5 Å². The fourth-order valence-corrected chi connectivity index (χ4v) is 5.02. The Balaban J connectivity index is 1.75. The van der Waals surface area contributed by atoms with E-state index in [4.69, 9.17) is 9.47 Å². The molecule has 3 aromatic rings. The highest BCUT2D eigenvalue weighted by molar-refractivity contribution is 7.11. The van der Waals surface area contributed by atoms with Gasteiger partial charge in [-0.25, -0.2) is 4.79 Å². The lowest BCUT2D eigenvalue weighted by atomic mass is 10.1. The van der Waals surface area contributed by atoms with Crippen LogP contribution in [-0.4, -0.2) is 55.6 Å². The standard InChI is InChI=1S/C29H34F3N3O4S/c1-5-14-35(28(37)33-23-8-6-7-22(17-23)29(30,31)32)19-27(36)34(18-24-11-9-20(2)40-24)15-13-21-10-12-25(38-3)26(16-21)39-4/h6-12,16-17H,5,13-15,18-19H2,1-4H3,(H,33,37). The Morgan fingerprint density at radius 3 is 2.33 bits per heavy atom. The van der Waals surface area contributed by atoms with Crippen LogP contribution < -0.4 is 14.8 Å². The lowest BCUT2D eigenvalue weighted by molar-refractivity contribution is -0.137. The number of methoxy groups -OCH3 is 2. The zero-order valence-corrected chi connectivity index (χ0v) is 23.8. The number of nitrogens with zero attached hydrogens (tertiary/aromatic N) is 2. The molecule has 0 spiro atoms. The molecule has 0 atom stereocenters. The molecule has 0 aliphatic carbocycles. The highest BCUT2D eigenvalue weighted by Gasteiger charge is 2.30. The van der Waals surface area contributed by atoms with Crippen molar-refractivity contribution in [3.8, 4) is 11.5 Å². The van der Waals surface area contributed by atoms with Crippen LogP contribution in [0.25, 0.3) is 0 Å². The number of ether oxygens (including phenoxy) is 2. The third-order valence-electron chi connectivity index (χ3n) is 6.16. The second-order valence-electron chi connectivity index (χ2n) is 9.20. The summed E-state index contributed by atoms with van der Waals surface area (Å²) in [6, 6.07) is 13.3. The van der Waals surface area contributed by atoms with Crippen molar-refractivity contribution in [2.75, 3.05) is 39.2 Å². The molecule has 0 unspecified atom stereocenters.